The number of piperidine rings is 1. The lowest BCUT2D eigenvalue weighted by atomic mass is 9.97. The Morgan fingerprint density at radius 2 is 1.87 bits per heavy atom. The molecule has 1 atom stereocenters. The fourth-order valence-corrected chi connectivity index (χ4v) is 3.60. The van der Waals surface area contributed by atoms with Crippen molar-refractivity contribution in [3.05, 3.63) is 54.1 Å². The highest BCUT2D eigenvalue weighted by Gasteiger charge is 2.28. The lowest BCUT2D eigenvalue weighted by molar-refractivity contribution is -0.120. The third kappa shape index (κ3) is 4.74. The molecule has 8 nitrogen and oxygen atoms in total. The van der Waals surface area contributed by atoms with Crippen molar-refractivity contribution in [2.24, 2.45) is 5.92 Å². The zero-order valence-electron chi connectivity index (χ0n) is 17.5. The van der Waals surface area contributed by atoms with Gasteiger partial charge in [0.2, 0.25) is 11.7 Å². The highest BCUT2D eigenvalue weighted by molar-refractivity contribution is 5.96. The fraction of sp³-hybridized carbons (Fsp3) is 0.304. The van der Waals surface area contributed by atoms with Crippen molar-refractivity contribution in [2.75, 3.05) is 30.4 Å². The Bertz CT molecular complexity index is 1060. The highest BCUT2D eigenvalue weighted by Crippen LogP contribution is 2.26. The smallest absolute Gasteiger partial charge is 0.324 e. The summed E-state index contributed by atoms with van der Waals surface area (Å²) >= 11 is 0. The van der Waals surface area contributed by atoms with Gasteiger partial charge >= 0.3 is 6.01 Å². The maximum atomic E-state index is 12.8. The Balaban J connectivity index is 1.40. The molecule has 1 amide bonds. The molecule has 1 N–H and O–H groups in total. The molecule has 1 saturated heterocycles. The standard InChI is InChI=1S/C23H24N4O4/c1-15(28)16-5-9-19(10-6-16)24-22(29)18-4-3-13-27(14-18)23-25-21(26-31-23)17-7-11-20(30-2)12-8-17/h5-12,18H,3-4,13-14H2,1-2H3,(H,24,29)/t18-/m1/s1. The zero-order valence-corrected chi connectivity index (χ0v) is 17.5. The van der Waals surface area contributed by atoms with Crippen molar-refractivity contribution in [2.45, 2.75) is 19.8 Å². The monoisotopic (exact) mass is 420 g/mol. The molecule has 0 spiro atoms. The molecule has 160 valence electrons. The number of Topliss-reactive ketones (excluding diaryl/α,β-unsaturated/α-hetero) is 1. The van der Waals surface area contributed by atoms with Crippen molar-refractivity contribution in [3.63, 3.8) is 0 Å². The number of hydrogen-bond acceptors (Lipinski definition) is 7. The first-order chi connectivity index (χ1) is 15.0. The van der Waals surface area contributed by atoms with Crippen LogP contribution in [0.2, 0.25) is 0 Å². The molecule has 0 aliphatic carbocycles. The molecule has 0 saturated carbocycles. The van der Waals surface area contributed by atoms with Gasteiger partial charge in [0.1, 0.15) is 5.75 Å². The van der Waals surface area contributed by atoms with Gasteiger partial charge in [0.15, 0.2) is 5.78 Å². The normalized spacial score (nSPS) is 16.1. The Morgan fingerprint density at radius 3 is 2.55 bits per heavy atom. The summed E-state index contributed by atoms with van der Waals surface area (Å²) in [5, 5.41) is 7.02. The van der Waals surface area contributed by atoms with Crippen LogP contribution in [0.5, 0.6) is 5.75 Å². The topological polar surface area (TPSA) is 97.6 Å². The van der Waals surface area contributed by atoms with Gasteiger partial charge in [-0.25, -0.2) is 0 Å². The lowest BCUT2D eigenvalue weighted by Gasteiger charge is -2.30. The van der Waals surface area contributed by atoms with Crippen LogP contribution in [-0.2, 0) is 4.79 Å². The van der Waals surface area contributed by atoms with E-state index in [9.17, 15) is 9.59 Å². The number of ketones is 1. The van der Waals surface area contributed by atoms with Crippen molar-refractivity contribution >= 4 is 23.4 Å². The van der Waals surface area contributed by atoms with E-state index >= 15 is 0 Å². The fourth-order valence-electron chi connectivity index (χ4n) is 3.60. The predicted octanol–water partition coefficient (Wildman–Crippen LogP) is 3.80. The van der Waals surface area contributed by atoms with E-state index in [4.69, 9.17) is 9.26 Å². The molecule has 31 heavy (non-hydrogen) atoms. The van der Waals surface area contributed by atoms with Crippen LogP contribution in [0.4, 0.5) is 11.7 Å². The number of anilines is 2. The van der Waals surface area contributed by atoms with Crippen molar-refractivity contribution < 1.29 is 18.8 Å². The molecule has 4 rings (SSSR count). The molecule has 2 heterocycles. The predicted molar refractivity (Wildman–Crippen MR) is 116 cm³/mol. The van der Waals surface area contributed by atoms with E-state index in [1.807, 2.05) is 29.2 Å². The van der Waals surface area contributed by atoms with Gasteiger partial charge in [-0.15, -0.1) is 0 Å². The molecule has 1 aliphatic rings. The van der Waals surface area contributed by atoms with E-state index in [1.165, 1.54) is 6.92 Å². The summed E-state index contributed by atoms with van der Waals surface area (Å²) in [6.07, 6.45) is 1.63. The van der Waals surface area contributed by atoms with Crippen LogP contribution < -0.4 is 15.0 Å². The van der Waals surface area contributed by atoms with E-state index in [-0.39, 0.29) is 17.6 Å². The highest BCUT2D eigenvalue weighted by atomic mass is 16.5. The summed E-state index contributed by atoms with van der Waals surface area (Å²) in [6, 6.07) is 14.8. The number of ether oxygens (including phenoxy) is 1. The number of hydrogen-bond donors (Lipinski definition) is 1. The van der Waals surface area contributed by atoms with Crippen molar-refractivity contribution in [1.82, 2.24) is 10.1 Å². The number of amides is 1. The van der Waals surface area contributed by atoms with Crippen LogP contribution in [0.1, 0.15) is 30.1 Å². The minimum atomic E-state index is -0.197. The second-order valence-electron chi connectivity index (χ2n) is 7.54. The van der Waals surface area contributed by atoms with Gasteiger partial charge in [-0.05, 0) is 68.3 Å². The molecule has 0 radical (unpaired) electrons. The molecule has 3 aromatic rings. The number of carbonyl (C=O) groups is 2. The number of aromatic nitrogens is 2. The SMILES string of the molecule is COc1ccc(-c2noc(N3CCC[C@@H](C(=O)Nc4ccc(C(C)=O)cc4)C3)n2)cc1. The molecule has 0 unspecified atom stereocenters. The number of methoxy groups -OCH3 is 1. The van der Waals surface area contributed by atoms with Gasteiger partial charge < -0.3 is 19.5 Å². The first kappa shape index (κ1) is 20.6. The number of nitrogens with one attached hydrogen (secondary N) is 1. The number of benzene rings is 2. The van der Waals surface area contributed by atoms with Gasteiger partial charge in [-0.2, -0.15) is 4.98 Å². The summed E-state index contributed by atoms with van der Waals surface area (Å²) in [5.41, 5.74) is 2.12. The van der Waals surface area contributed by atoms with Crippen LogP contribution in [0.3, 0.4) is 0 Å². The maximum Gasteiger partial charge on any atom is 0.324 e. The van der Waals surface area contributed by atoms with Crippen LogP contribution >= 0.6 is 0 Å². The van der Waals surface area contributed by atoms with E-state index in [2.05, 4.69) is 15.5 Å². The van der Waals surface area contributed by atoms with Gasteiger partial charge in [0.05, 0.1) is 13.0 Å². The Morgan fingerprint density at radius 1 is 1.13 bits per heavy atom. The third-order valence-electron chi connectivity index (χ3n) is 5.39. The average Bonchev–Trinajstić information content (AvgIpc) is 3.30. The molecular weight excluding hydrogens is 396 g/mol. The summed E-state index contributed by atoms with van der Waals surface area (Å²) in [7, 11) is 1.62. The van der Waals surface area contributed by atoms with E-state index in [0.717, 1.165) is 30.7 Å². The molecule has 0 bridgehead atoms. The lowest BCUT2D eigenvalue weighted by Crippen LogP contribution is -2.41. The van der Waals surface area contributed by atoms with Gasteiger partial charge in [-0.1, -0.05) is 5.16 Å². The van der Waals surface area contributed by atoms with Crippen molar-refractivity contribution in [3.8, 4) is 17.1 Å². The quantitative estimate of drug-likeness (QED) is 0.606. The first-order valence-corrected chi connectivity index (χ1v) is 10.2. The summed E-state index contributed by atoms with van der Waals surface area (Å²) in [6.45, 7) is 2.77. The second-order valence-corrected chi connectivity index (χ2v) is 7.54. The molecular formula is C23H24N4O4. The first-order valence-electron chi connectivity index (χ1n) is 10.2. The maximum absolute atomic E-state index is 12.8. The molecule has 1 aliphatic heterocycles. The minimum Gasteiger partial charge on any atom is -0.497 e. The van der Waals surface area contributed by atoms with Gasteiger partial charge in [-0.3, -0.25) is 9.59 Å². The average molecular weight is 420 g/mol. The number of nitrogens with zero attached hydrogens (tertiary/aromatic N) is 3. The Labute approximate surface area is 180 Å². The number of rotatable bonds is 6. The van der Waals surface area contributed by atoms with E-state index < -0.39 is 0 Å². The largest absolute Gasteiger partial charge is 0.497 e. The molecule has 2 aromatic carbocycles. The van der Waals surface area contributed by atoms with Crippen LogP contribution in [-0.4, -0.2) is 42.0 Å². The summed E-state index contributed by atoms with van der Waals surface area (Å²) in [5.74, 6) is 0.991. The third-order valence-corrected chi connectivity index (χ3v) is 5.39. The number of carbonyl (C=O) groups excluding carboxylic acids is 2. The van der Waals surface area contributed by atoms with E-state index in [0.29, 0.717) is 29.6 Å². The molecule has 1 fully saturated rings. The van der Waals surface area contributed by atoms with Gasteiger partial charge in [0.25, 0.3) is 0 Å². The van der Waals surface area contributed by atoms with Crippen LogP contribution in [0.15, 0.2) is 53.1 Å². The van der Waals surface area contributed by atoms with E-state index in [1.54, 1.807) is 31.4 Å². The second kappa shape index (κ2) is 8.99. The Hall–Kier alpha value is -3.68. The Kier molecular flexibility index (Phi) is 5.97. The van der Waals surface area contributed by atoms with Crippen LogP contribution in [0, 0.1) is 5.92 Å². The summed E-state index contributed by atoms with van der Waals surface area (Å²) < 4.78 is 10.6. The zero-order chi connectivity index (χ0) is 21.8. The van der Waals surface area contributed by atoms with Gasteiger partial charge in [0, 0.05) is 29.9 Å². The minimum absolute atomic E-state index is 0.00522. The van der Waals surface area contributed by atoms with Crippen molar-refractivity contribution in [1.29, 1.82) is 0 Å². The summed E-state index contributed by atoms with van der Waals surface area (Å²) in [4.78, 5) is 30.6. The van der Waals surface area contributed by atoms with Crippen LogP contribution in [0.25, 0.3) is 11.4 Å². The molecule has 8 heteroatoms. The molecule has 1 aromatic heterocycles.